The van der Waals surface area contributed by atoms with Gasteiger partial charge in [0, 0.05) is 82.8 Å². The summed E-state index contributed by atoms with van der Waals surface area (Å²) in [6, 6.07) is 15.7. The van der Waals surface area contributed by atoms with E-state index in [0.717, 1.165) is 42.4 Å². The van der Waals surface area contributed by atoms with Gasteiger partial charge in [0.25, 0.3) is 0 Å². The molecule has 12 heteroatoms. The molecule has 3 saturated heterocycles. The summed E-state index contributed by atoms with van der Waals surface area (Å²) in [6.45, 7) is 3.12. The molecule has 272 valence electrons. The number of amides is 1. The van der Waals surface area contributed by atoms with Crippen LogP contribution in [0.4, 0.5) is 8.78 Å². The highest BCUT2D eigenvalue weighted by atomic mass is 35.5. The summed E-state index contributed by atoms with van der Waals surface area (Å²) in [5.74, 6) is 0.148. The van der Waals surface area contributed by atoms with Gasteiger partial charge >= 0.3 is 0 Å². The van der Waals surface area contributed by atoms with Crippen LogP contribution in [-0.2, 0) is 11.2 Å². The highest BCUT2D eigenvalue weighted by Gasteiger charge is 2.51. The van der Waals surface area contributed by atoms with Gasteiger partial charge in [-0.15, -0.1) is 0 Å². The predicted octanol–water partition coefficient (Wildman–Crippen LogP) is 8.88. The number of halogens is 4. The van der Waals surface area contributed by atoms with Gasteiger partial charge in [-0.1, -0.05) is 35.3 Å². The van der Waals surface area contributed by atoms with Gasteiger partial charge in [0.1, 0.15) is 28.9 Å². The zero-order valence-corrected chi connectivity index (χ0v) is 30.8. The fourth-order valence-corrected chi connectivity index (χ4v) is 9.38. The molecule has 1 amide bonds. The number of aromatic nitrogens is 2. The van der Waals surface area contributed by atoms with Crippen molar-refractivity contribution in [3.63, 3.8) is 0 Å². The molecule has 1 N–H and O–H groups in total. The zero-order chi connectivity index (χ0) is 36.7. The number of nitrogens with one attached hydrogen (secondary N) is 1. The van der Waals surface area contributed by atoms with E-state index in [9.17, 15) is 14.4 Å². The lowest BCUT2D eigenvalue weighted by atomic mass is 9.79. The molecular formula is C41H37Cl2F2N5O3. The van der Waals surface area contributed by atoms with Crippen molar-refractivity contribution in [2.24, 2.45) is 11.8 Å². The van der Waals surface area contributed by atoms with Gasteiger partial charge in [-0.3, -0.25) is 4.79 Å². The van der Waals surface area contributed by atoms with E-state index in [4.69, 9.17) is 37.7 Å². The zero-order valence-electron chi connectivity index (χ0n) is 29.3. The molecule has 5 heterocycles. The fourth-order valence-electron chi connectivity index (χ4n) is 8.99. The van der Waals surface area contributed by atoms with Crippen LogP contribution in [0.2, 0.25) is 10.0 Å². The molecule has 3 aliphatic heterocycles. The van der Waals surface area contributed by atoms with E-state index in [-0.39, 0.29) is 46.9 Å². The van der Waals surface area contributed by atoms with Gasteiger partial charge in [-0.2, -0.15) is 5.26 Å². The van der Waals surface area contributed by atoms with Crippen molar-refractivity contribution in [3.8, 4) is 28.7 Å². The topological polar surface area (TPSA) is 92.4 Å². The minimum atomic E-state index is -0.515. The standard InChI is InChI=1S/C41H37Cl2F2N5O3/c1-20-29-17-34(33-16-27(19-49(33)41(51)21-8-9-21)53-26-14-24(44)13-25(15-26)52-2)50(39-23-12-32(39)47-18-23)40(29)30-11-22(5-4-10-46)35(37(45)38(30)48-20)28-6-3-7-31(42)36(28)43/h3,6-7,11,13-15,17,21,23,27,32-33,39,47H,4-5,8-9,12,16,18-19H2,1-2H3. The molecule has 5 atom stereocenters. The first-order valence-corrected chi connectivity index (χ1v) is 18.9. The van der Waals surface area contributed by atoms with Gasteiger partial charge in [0.05, 0.1) is 47.4 Å². The molecule has 2 saturated carbocycles. The van der Waals surface area contributed by atoms with Crippen molar-refractivity contribution >= 4 is 50.9 Å². The number of aryl methyl sites for hydroxylation is 2. The first-order chi connectivity index (χ1) is 25.6. The molecule has 0 radical (unpaired) electrons. The first-order valence-electron chi connectivity index (χ1n) is 18.2. The fraction of sp³-hybridized carbons (Fsp3) is 0.390. The summed E-state index contributed by atoms with van der Waals surface area (Å²) in [6.07, 6.45) is 3.32. The smallest absolute Gasteiger partial charge is 0.226 e. The maximum absolute atomic E-state index is 17.2. The highest BCUT2D eigenvalue weighted by molar-refractivity contribution is 6.43. The maximum Gasteiger partial charge on any atom is 0.226 e. The van der Waals surface area contributed by atoms with Crippen LogP contribution < -0.4 is 14.8 Å². The SMILES string of the molecule is COc1cc(F)cc(OC2CC(c3cc4c(C)nc5c(F)c(-c6cccc(Cl)c6Cl)c(CCC#N)cc5c4n3C3C4CNC3C4)N(C(=O)C3CC3)C2)c1. The van der Waals surface area contributed by atoms with Crippen LogP contribution in [0.5, 0.6) is 11.5 Å². The summed E-state index contributed by atoms with van der Waals surface area (Å²) < 4.78 is 45.7. The van der Waals surface area contributed by atoms with Gasteiger partial charge in [0.15, 0.2) is 5.82 Å². The van der Waals surface area contributed by atoms with Gasteiger partial charge in [-0.05, 0) is 62.3 Å². The Morgan fingerprint density at radius 3 is 2.62 bits per heavy atom. The lowest BCUT2D eigenvalue weighted by molar-refractivity contribution is -0.133. The third kappa shape index (κ3) is 5.71. The Morgan fingerprint density at radius 2 is 1.91 bits per heavy atom. The Labute approximate surface area is 315 Å². The third-order valence-corrected chi connectivity index (χ3v) is 12.4. The Balaban J connectivity index is 1.24. The number of nitriles is 1. The molecule has 5 fully saturated rings. The van der Waals surface area contributed by atoms with Crippen molar-refractivity contribution in [2.75, 3.05) is 20.2 Å². The van der Waals surface area contributed by atoms with Crippen molar-refractivity contribution < 1.29 is 23.0 Å². The van der Waals surface area contributed by atoms with Crippen LogP contribution in [0.25, 0.3) is 32.9 Å². The predicted molar refractivity (Wildman–Crippen MR) is 199 cm³/mol. The van der Waals surface area contributed by atoms with E-state index in [2.05, 4.69) is 22.0 Å². The molecule has 0 spiro atoms. The molecule has 8 nitrogen and oxygen atoms in total. The normalized spacial score (nSPS) is 23.4. The third-order valence-electron chi connectivity index (χ3n) is 11.6. The van der Waals surface area contributed by atoms with Crippen LogP contribution >= 0.6 is 23.2 Å². The molecule has 5 unspecified atom stereocenters. The van der Waals surface area contributed by atoms with Crippen molar-refractivity contribution in [3.05, 3.63) is 87.2 Å². The van der Waals surface area contributed by atoms with E-state index < -0.39 is 17.7 Å². The van der Waals surface area contributed by atoms with Crippen LogP contribution in [0.3, 0.4) is 0 Å². The summed E-state index contributed by atoms with van der Waals surface area (Å²) in [4.78, 5) is 20.9. The second-order valence-corrected chi connectivity index (χ2v) is 15.6. The Hall–Kier alpha value is -4.43. The van der Waals surface area contributed by atoms with Crippen molar-refractivity contribution in [1.29, 1.82) is 5.26 Å². The maximum atomic E-state index is 17.2. The molecule has 5 aliphatic rings. The number of benzene rings is 3. The van der Waals surface area contributed by atoms with Crippen LogP contribution in [0.1, 0.15) is 61.1 Å². The van der Waals surface area contributed by atoms with Crippen LogP contribution in [-0.4, -0.2) is 52.7 Å². The lowest BCUT2D eigenvalue weighted by Gasteiger charge is -2.39. The second kappa shape index (κ2) is 13.2. The van der Waals surface area contributed by atoms with E-state index in [1.54, 1.807) is 24.3 Å². The number of nitrogens with zero attached hydrogens (tertiary/aromatic N) is 4. The van der Waals surface area contributed by atoms with Gasteiger partial charge in [0.2, 0.25) is 5.91 Å². The number of likely N-dealkylation sites (tertiary alicyclic amines) is 1. The number of pyridine rings is 1. The molecular weight excluding hydrogens is 719 g/mol. The number of hydrogen-bond acceptors (Lipinski definition) is 6. The largest absolute Gasteiger partial charge is 0.497 e. The number of carbonyl (C=O) groups is 1. The molecule has 10 rings (SSSR count). The first kappa shape index (κ1) is 34.3. The number of methoxy groups -OCH3 is 1. The molecule has 2 aliphatic carbocycles. The number of fused-ring (bicyclic) bond motifs is 4. The summed E-state index contributed by atoms with van der Waals surface area (Å²) >= 11 is 13.1. The molecule has 53 heavy (non-hydrogen) atoms. The minimum absolute atomic E-state index is 0.0253. The summed E-state index contributed by atoms with van der Waals surface area (Å²) in [5.41, 5.74) is 4.08. The van der Waals surface area contributed by atoms with E-state index >= 15 is 4.39 Å². The Kier molecular flexibility index (Phi) is 8.52. The van der Waals surface area contributed by atoms with Gasteiger partial charge in [-0.25, -0.2) is 13.8 Å². The molecule has 5 aromatic rings. The average molecular weight is 757 g/mol. The van der Waals surface area contributed by atoms with E-state index in [0.29, 0.717) is 69.6 Å². The van der Waals surface area contributed by atoms with E-state index in [1.165, 1.54) is 19.2 Å². The lowest BCUT2D eigenvalue weighted by Crippen LogP contribution is -2.41. The Morgan fingerprint density at radius 1 is 1.09 bits per heavy atom. The monoisotopic (exact) mass is 755 g/mol. The summed E-state index contributed by atoms with van der Waals surface area (Å²) in [7, 11) is 1.48. The van der Waals surface area contributed by atoms with Crippen molar-refractivity contribution in [1.82, 2.24) is 19.8 Å². The number of carbonyl (C=O) groups excluding carboxylic acids is 1. The molecule has 3 aromatic carbocycles. The van der Waals surface area contributed by atoms with Crippen LogP contribution in [0.15, 0.2) is 48.5 Å². The van der Waals surface area contributed by atoms with Crippen LogP contribution in [0, 0.1) is 41.7 Å². The number of ether oxygens (including phenoxy) is 2. The molecule has 2 aromatic heterocycles. The average Bonchev–Trinajstić information content (AvgIpc) is 3.42. The molecule has 2 bridgehead atoms. The summed E-state index contributed by atoms with van der Waals surface area (Å²) in [5, 5.41) is 15.3. The van der Waals surface area contributed by atoms with Gasteiger partial charge < -0.3 is 24.3 Å². The quantitative estimate of drug-likeness (QED) is 0.162. The number of rotatable bonds is 9. The second-order valence-electron chi connectivity index (χ2n) is 14.9. The highest BCUT2D eigenvalue weighted by Crippen LogP contribution is 2.51. The van der Waals surface area contributed by atoms with Crippen molar-refractivity contribution in [2.45, 2.75) is 69.7 Å². The Bertz CT molecular complexity index is 2360. The van der Waals surface area contributed by atoms with E-state index in [1.807, 2.05) is 17.9 Å². The number of hydrogen-bond donors (Lipinski definition) is 1. The minimum Gasteiger partial charge on any atom is -0.497 e.